The quantitative estimate of drug-likeness (QED) is 0.899. The van der Waals surface area contributed by atoms with Gasteiger partial charge >= 0.3 is 0 Å². The largest absolute Gasteiger partial charge is 0.354 e. The highest BCUT2D eigenvalue weighted by Crippen LogP contribution is 2.43. The Labute approximate surface area is 148 Å². The third kappa shape index (κ3) is 3.18. The number of aryl methyl sites for hydroxylation is 1. The number of rotatable bonds is 5. The van der Waals surface area contributed by atoms with E-state index in [2.05, 4.69) is 49.2 Å². The molecule has 1 saturated carbocycles. The molecule has 1 aliphatic heterocycles. The van der Waals surface area contributed by atoms with Gasteiger partial charge in [-0.15, -0.1) is 10.2 Å². The molecular weight excluding hydrogens is 314 g/mol. The molecule has 1 aromatic carbocycles. The summed E-state index contributed by atoms with van der Waals surface area (Å²) in [5.41, 5.74) is 1.49. The SMILES string of the molecule is Cc1nnc2n1CCN(CC(=O)NCC1(c3ccccc3)CCC1)C2. The third-order valence-electron chi connectivity index (χ3n) is 5.71. The molecular formula is C19H25N5O. The summed E-state index contributed by atoms with van der Waals surface area (Å²) in [4.78, 5) is 14.6. The van der Waals surface area contributed by atoms with Gasteiger partial charge in [-0.25, -0.2) is 0 Å². The second-order valence-electron chi connectivity index (χ2n) is 7.30. The first-order valence-electron chi connectivity index (χ1n) is 9.10. The van der Waals surface area contributed by atoms with Crippen LogP contribution in [0.1, 0.15) is 36.5 Å². The van der Waals surface area contributed by atoms with Gasteiger partial charge in [-0.1, -0.05) is 36.8 Å². The van der Waals surface area contributed by atoms with Gasteiger partial charge < -0.3 is 9.88 Å². The van der Waals surface area contributed by atoms with E-state index in [1.165, 1.54) is 12.0 Å². The maximum Gasteiger partial charge on any atom is 0.234 e. The predicted octanol–water partition coefficient (Wildman–Crippen LogP) is 1.64. The lowest BCUT2D eigenvalue weighted by Crippen LogP contribution is -2.48. The number of benzene rings is 1. The van der Waals surface area contributed by atoms with Crippen LogP contribution >= 0.6 is 0 Å². The van der Waals surface area contributed by atoms with Gasteiger partial charge in [-0.05, 0) is 25.3 Å². The standard InChI is InChI=1S/C19H25N5O/c1-15-21-22-17-12-23(10-11-24(15)17)13-18(25)20-14-19(8-5-9-19)16-6-3-2-4-7-16/h2-4,6-7H,5,8-14H2,1H3,(H,20,25). The van der Waals surface area contributed by atoms with E-state index in [9.17, 15) is 4.79 Å². The van der Waals surface area contributed by atoms with Crippen LogP contribution in [0.5, 0.6) is 0 Å². The summed E-state index contributed by atoms with van der Waals surface area (Å²) in [6.07, 6.45) is 3.55. The number of nitrogens with zero attached hydrogens (tertiary/aromatic N) is 4. The van der Waals surface area contributed by atoms with Crippen molar-refractivity contribution in [3.63, 3.8) is 0 Å². The van der Waals surface area contributed by atoms with Crippen LogP contribution in [0.25, 0.3) is 0 Å². The highest BCUT2D eigenvalue weighted by molar-refractivity contribution is 5.78. The summed E-state index contributed by atoms with van der Waals surface area (Å²) in [5, 5.41) is 11.5. The van der Waals surface area contributed by atoms with Crippen LogP contribution in [0, 0.1) is 6.92 Å². The first-order valence-corrected chi connectivity index (χ1v) is 9.10. The van der Waals surface area contributed by atoms with Gasteiger partial charge in [0.1, 0.15) is 11.6 Å². The zero-order valence-corrected chi connectivity index (χ0v) is 14.7. The lowest BCUT2D eigenvalue weighted by Gasteiger charge is -2.42. The van der Waals surface area contributed by atoms with Crippen molar-refractivity contribution in [3.05, 3.63) is 47.5 Å². The summed E-state index contributed by atoms with van der Waals surface area (Å²) in [6.45, 7) is 5.55. The lowest BCUT2D eigenvalue weighted by molar-refractivity contribution is -0.123. The van der Waals surface area contributed by atoms with E-state index in [0.29, 0.717) is 13.1 Å². The summed E-state index contributed by atoms with van der Waals surface area (Å²) in [7, 11) is 0. The zero-order chi connectivity index (χ0) is 17.3. The van der Waals surface area contributed by atoms with E-state index < -0.39 is 0 Å². The van der Waals surface area contributed by atoms with Crippen molar-refractivity contribution in [2.24, 2.45) is 0 Å². The van der Waals surface area contributed by atoms with Crippen LogP contribution in [0.3, 0.4) is 0 Å². The Bertz CT molecular complexity index is 750. The van der Waals surface area contributed by atoms with Crippen molar-refractivity contribution < 1.29 is 4.79 Å². The monoisotopic (exact) mass is 339 g/mol. The van der Waals surface area contributed by atoms with Gasteiger partial charge in [-0.3, -0.25) is 9.69 Å². The highest BCUT2D eigenvalue weighted by atomic mass is 16.2. The Morgan fingerprint density at radius 3 is 2.72 bits per heavy atom. The number of carbonyl (C=O) groups excluding carboxylic acids is 1. The molecule has 132 valence electrons. The Kier molecular flexibility index (Phi) is 4.29. The number of nitrogens with one attached hydrogen (secondary N) is 1. The van der Waals surface area contributed by atoms with Crippen molar-refractivity contribution in [1.29, 1.82) is 0 Å². The van der Waals surface area contributed by atoms with Gasteiger partial charge in [0.15, 0.2) is 0 Å². The van der Waals surface area contributed by atoms with Gasteiger partial charge in [0.2, 0.25) is 5.91 Å². The molecule has 6 nitrogen and oxygen atoms in total. The van der Waals surface area contributed by atoms with Gasteiger partial charge in [0.25, 0.3) is 0 Å². The van der Waals surface area contributed by atoms with Crippen LogP contribution < -0.4 is 5.32 Å². The normalized spacial score (nSPS) is 19.1. The number of amides is 1. The average molecular weight is 339 g/mol. The Hall–Kier alpha value is -2.21. The van der Waals surface area contributed by atoms with Crippen LogP contribution in [-0.4, -0.2) is 45.2 Å². The second-order valence-corrected chi connectivity index (χ2v) is 7.30. The molecule has 1 fully saturated rings. The van der Waals surface area contributed by atoms with Crippen LogP contribution in [0.4, 0.5) is 0 Å². The molecule has 2 aliphatic rings. The minimum atomic E-state index is 0.104. The fourth-order valence-corrected chi connectivity index (χ4v) is 3.98. The smallest absolute Gasteiger partial charge is 0.234 e. The van der Waals surface area contributed by atoms with Crippen LogP contribution in [0.2, 0.25) is 0 Å². The predicted molar refractivity (Wildman–Crippen MR) is 95.0 cm³/mol. The molecule has 0 bridgehead atoms. The Morgan fingerprint density at radius 2 is 2.00 bits per heavy atom. The highest BCUT2D eigenvalue weighted by Gasteiger charge is 2.38. The van der Waals surface area contributed by atoms with Gasteiger partial charge in [-0.2, -0.15) is 0 Å². The number of hydrogen-bond acceptors (Lipinski definition) is 4. The minimum absolute atomic E-state index is 0.104. The van der Waals surface area contributed by atoms with E-state index in [1.807, 2.05) is 13.0 Å². The van der Waals surface area contributed by atoms with Gasteiger partial charge in [0.05, 0.1) is 13.1 Å². The first kappa shape index (κ1) is 16.3. The maximum absolute atomic E-state index is 12.5. The summed E-state index contributed by atoms with van der Waals surface area (Å²) < 4.78 is 2.13. The van der Waals surface area contributed by atoms with Crippen molar-refractivity contribution >= 4 is 5.91 Å². The Balaban J connectivity index is 1.32. The average Bonchev–Trinajstić information content (AvgIpc) is 2.95. The molecule has 0 spiro atoms. The lowest BCUT2D eigenvalue weighted by atomic mass is 9.64. The van der Waals surface area contributed by atoms with Crippen molar-refractivity contribution in [3.8, 4) is 0 Å². The molecule has 0 saturated heterocycles. The van der Waals surface area contributed by atoms with Crippen molar-refractivity contribution in [2.45, 2.75) is 44.7 Å². The number of fused-ring (bicyclic) bond motifs is 1. The fraction of sp³-hybridized carbons (Fsp3) is 0.526. The van der Waals surface area contributed by atoms with E-state index in [1.54, 1.807) is 0 Å². The number of hydrogen-bond donors (Lipinski definition) is 1. The molecule has 6 heteroatoms. The van der Waals surface area contributed by atoms with Crippen LogP contribution in [-0.2, 0) is 23.3 Å². The summed E-state index contributed by atoms with van der Waals surface area (Å²) in [5.74, 6) is 2.01. The maximum atomic E-state index is 12.5. The Morgan fingerprint density at radius 1 is 1.20 bits per heavy atom. The molecule has 1 N–H and O–H groups in total. The molecule has 2 aromatic rings. The summed E-state index contributed by atoms with van der Waals surface area (Å²) >= 11 is 0. The van der Waals surface area contributed by atoms with E-state index >= 15 is 0 Å². The molecule has 0 unspecified atom stereocenters. The topological polar surface area (TPSA) is 63.1 Å². The zero-order valence-electron chi connectivity index (χ0n) is 14.7. The molecule has 0 atom stereocenters. The fourth-order valence-electron chi connectivity index (χ4n) is 3.98. The van der Waals surface area contributed by atoms with Crippen LogP contribution in [0.15, 0.2) is 30.3 Å². The first-order chi connectivity index (χ1) is 12.2. The summed E-state index contributed by atoms with van der Waals surface area (Å²) in [6, 6.07) is 10.6. The minimum Gasteiger partial charge on any atom is -0.354 e. The number of aromatic nitrogens is 3. The van der Waals surface area contributed by atoms with E-state index in [0.717, 1.165) is 44.1 Å². The molecule has 1 aliphatic carbocycles. The molecule has 1 aromatic heterocycles. The van der Waals surface area contributed by atoms with E-state index in [-0.39, 0.29) is 11.3 Å². The second kappa shape index (κ2) is 6.59. The molecule has 2 heterocycles. The molecule has 25 heavy (non-hydrogen) atoms. The third-order valence-corrected chi connectivity index (χ3v) is 5.71. The molecule has 4 rings (SSSR count). The van der Waals surface area contributed by atoms with Crippen molar-refractivity contribution in [2.75, 3.05) is 19.6 Å². The van der Waals surface area contributed by atoms with Crippen molar-refractivity contribution in [1.82, 2.24) is 25.0 Å². The van der Waals surface area contributed by atoms with E-state index in [4.69, 9.17) is 0 Å². The number of carbonyl (C=O) groups is 1. The van der Waals surface area contributed by atoms with Gasteiger partial charge in [0, 0.05) is 25.0 Å². The molecule has 1 amide bonds. The molecule has 0 radical (unpaired) electrons.